The van der Waals surface area contributed by atoms with Crippen molar-refractivity contribution in [2.24, 2.45) is 5.92 Å². The average Bonchev–Trinajstić information content (AvgIpc) is 3.20. The van der Waals surface area contributed by atoms with Crippen molar-refractivity contribution < 1.29 is 14.6 Å². The number of amides is 1. The molecule has 0 bridgehead atoms. The van der Waals surface area contributed by atoms with Crippen LogP contribution in [0, 0.1) is 12.8 Å². The first-order chi connectivity index (χ1) is 12.5. The Hall–Kier alpha value is -2.60. The Morgan fingerprint density at radius 1 is 1.46 bits per heavy atom. The molecule has 3 rings (SSSR count). The summed E-state index contributed by atoms with van der Waals surface area (Å²) in [6, 6.07) is 7.40. The van der Waals surface area contributed by atoms with Gasteiger partial charge in [0.1, 0.15) is 5.75 Å². The number of aliphatic hydroxyl groups is 1. The number of carbonyl (C=O) groups excluding carboxylic acids is 1. The third-order valence-corrected chi connectivity index (χ3v) is 4.82. The second-order valence-corrected chi connectivity index (χ2v) is 6.80. The van der Waals surface area contributed by atoms with Gasteiger partial charge in [-0.2, -0.15) is 5.10 Å². The van der Waals surface area contributed by atoms with Crippen molar-refractivity contribution in [3.63, 3.8) is 0 Å². The number of rotatable bonds is 6. The molecular formula is C20H25N3O3. The summed E-state index contributed by atoms with van der Waals surface area (Å²) in [5.74, 6) is 0.667. The number of nitrogens with zero attached hydrogens (tertiary/aromatic N) is 2. The second-order valence-electron chi connectivity index (χ2n) is 6.80. The average molecular weight is 355 g/mol. The molecule has 6 nitrogen and oxygen atoms in total. The molecule has 138 valence electrons. The number of β-amino-alcohol motifs (C(OH)–C–C–N with tert-alkyl or cyclic N) is 1. The number of hydrogen-bond donors (Lipinski definition) is 2. The van der Waals surface area contributed by atoms with Crippen LogP contribution in [0.5, 0.6) is 5.75 Å². The maximum absolute atomic E-state index is 12.9. The number of aromatic nitrogens is 2. The molecule has 1 aliphatic rings. The van der Waals surface area contributed by atoms with E-state index in [9.17, 15) is 9.90 Å². The van der Waals surface area contributed by atoms with Crippen molar-refractivity contribution in [1.29, 1.82) is 0 Å². The Labute approximate surface area is 153 Å². The third-order valence-electron chi connectivity index (χ3n) is 4.82. The summed E-state index contributed by atoms with van der Waals surface area (Å²) in [5, 5.41) is 17.5. The van der Waals surface area contributed by atoms with E-state index in [0.29, 0.717) is 31.5 Å². The lowest BCUT2D eigenvalue weighted by Gasteiger charge is -2.17. The molecule has 26 heavy (non-hydrogen) atoms. The summed E-state index contributed by atoms with van der Waals surface area (Å²) in [6.45, 7) is 6.56. The molecule has 1 aliphatic heterocycles. The topological polar surface area (TPSA) is 78.5 Å². The zero-order valence-corrected chi connectivity index (χ0v) is 15.2. The van der Waals surface area contributed by atoms with E-state index in [-0.39, 0.29) is 11.8 Å². The lowest BCUT2D eigenvalue weighted by atomic mass is 10.00. The number of aromatic amines is 1. The van der Waals surface area contributed by atoms with Gasteiger partial charge in [0.25, 0.3) is 5.91 Å². The van der Waals surface area contributed by atoms with Crippen molar-refractivity contribution in [3.05, 3.63) is 59.4 Å². The van der Waals surface area contributed by atoms with Crippen LogP contribution in [0.15, 0.2) is 36.9 Å². The Bertz CT molecular complexity index is 799. The maximum atomic E-state index is 12.9. The molecule has 2 aromatic rings. The fourth-order valence-electron chi connectivity index (χ4n) is 3.48. The van der Waals surface area contributed by atoms with Crippen LogP contribution >= 0.6 is 0 Å². The fourth-order valence-corrected chi connectivity index (χ4v) is 3.48. The van der Waals surface area contributed by atoms with Crippen molar-refractivity contribution in [2.75, 3.05) is 20.2 Å². The summed E-state index contributed by atoms with van der Waals surface area (Å²) in [7, 11) is 1.61. The van der Waals surface area contributed by atoms with E-state index in [0.717, 1.165) is 22.7 Å². The molecule has 2 N–H and O–H groups in total. The van der Waals surface area contributed by atoms with Gasteiger partial charge in [-0.3, -0.25) is 9.89 Å². The minimum absolute atomic E-state index is 0.00690. The first-order valence-electron chi connectivity index (χ1n) is 8.78. The summed E-state index contributed by atoms with van der Waals surface area (Å²) >= 11 is 0. The highest BCUT2D eigenvalue weighted by Gasteiger charge is 2.34. The van der Waals surface area contributed by atoms with Gasteiger partial charge >= 0.3 is 0 Å². The van der Waals surface area contributed by atoms with Gasteiger partial charge in [0.05, 0.1) is 18.9 Å². The number of aliphatic hydroxyl groups excluding tert-OH is 1. The van der Waals surface area contributed by atoms with Crippen molar-refractivity contribution in [1.82, 2.24) is 15.1 Å². The Morgan fingerprint density at radius 3 is 2.92 bits per heavy atom. The summed E-state index contributed by atoms with van der Waals surface area (Å²) in [5.41, 5.74) is 3.44. The van der Waals surface area contributed by atoms with E-state index in [1.54, 1.807) is 24.2 Å². The van der Waals surface area contributed by atoms with E-state index >= 15 is 0 Å². The quantitative estimate of drug-likeness (QED) is 0.778. The minimum Gasteiger partial charge on any atom is -0.496 e. The number of allylic oxidation sites excluding steroid dienone is 1. The highest BCUT2D eigenvalue weighted by molar-refractivity contribution is 5.95. The zero-order chi connectivity index (χ0) is 18.7. The fraction of sp³-hybridized carbons (Fsp3) is 0.400. The molecule has 2 atom stereocenters. The predicted octanol–water partition coefficient (Wildman–Crippen LogP) is 2.13. The van der Waals surface area contributed by atoms with E-state index in [1.807, 2.05) is 25.1 Å². The molecule has 2 heterocycles. The van der Waals surface area contributed by atoms with Gasteiger partial charge in [-0.25, -0.2) is 0 Å². The molecule has 0 spiro atoms. The molecule has 0 radical (unpaired) electrons. The molecular weight excluding hydrogens is 330 g/mol. The Balaban J connectivity index is 1.72. The van der Waals surface area contributed by atoms with Crippen LogP contribution in [0.1, 0.15) is 27.3 Å². The zero-order valence-electron chi connectivity index (χ0n) is 15.2. The number of likely N-dealkylation sites (tertiary alicyclic amines) is 1. The lowest BCUT2D eigenvalue weighted by Crippen LogP contribution is -2.29. The van der Waals surface area contributed by atoms with Gasteiger partial charge in [-0.05, 0) is 49.6 Å². The van der Waals surface area contributed by atoms with Gasteiger partial charge in [0.2, 0.25) is 0 Å². The summed E-state index contributed by atoms with van der Waals surface area (Å²) in [6.07, 6.45) is 2.53. The molecule has 1 aromatic carbocycles. The van der Waals surface area contributed by atoms with Gasteiger partial charge in [0.15, 0.2) is 0 Å². The number of hydrogen-bond acceptors (Lipinski definition) is 4. The number of methoxy groups -OCH3 is 1. The number of carbonyl (C=O) groups is 1. The normalized spacial score (nSPS) is 19.6. The van der Waals surface area contributed by atoms with Crippen LogP contribution in [-0.2, 0) is 12.8 Å². The van der Waals surface area contributed by atoms with Crippen LogP contribution in [-0.4, -0.2) is 52.4 Å². The standard InChI is InChI=1S/C20H25N3O3/c1-4-5-14-9-15(6-7-19(14)26-3)20(25)23-11-16(18(24)12-23)10-17-8-13(2)21-22-17/h4,6-9,16,18,24H,1,5,10-12H2,2-3H3,(H,21,22)/t16-,18-/m1/s1. The molecule has 1 fully saturated rings. The summed E-state index contributed by atoms with van der Waals surface area (Å²) < 4.78 is 5.34. The highest BCUT2D eigenvalue weighted by Crippen LogP contribution is 2.25. The number of benzene rings is 1. The van der Waals surface area contributed by atoms with E-state index in [2.05, 4.69) is 16.8 Å². The van der Waals surface area contributed by atoms with Crippen molar-refractivity contribution >= 4 is 5.91 Å². The Morgan fingerprint density at radius 2 is 2.27 bits per heavy atom. The SMILES string of the molecule is C=CCc1cc(C(=O)N2C[C@@H](Cc3cc(C)[nH]n3)[C@H](O)C2)ccc1OC. The van der Waals surface area contributed by atoms with Crippen LogP contribution in [0.3, 0.4) is 0 Å². The third kappa shape index (κ3) is 3.80. The van der Waals surface area contributed by atoms with Gasteiger partial charge < -0.3 is 14.7 Å². The number of nitrogens with one attached hydrogen (secondary N) is 1. The molecule has 0 unspecified atom stereocenters. The molecule has 0 saturated carbocycles. The van der Waals surface area contributed by atoms with Crippen molar-refractivity contribution in [2.45, 2.75) is 25.9 Å². The summed E-state index contributed by atoms with van der Waals surface area (Å²) in [4.78, 5) is 14.6. The van der Waals surface area contributed by atoms with Crippen LogP contribution in [0.4, 0.5) is 0 Å². The van der Waals surface area contributed by atoms with E-state index in [4.69, 9.17) is 4.74 Å². The van der Waals surface area contributed by atoms with E-state index in [1.165, 1.54) is 0 Å². The predicted molar refractivity (Wildman–Crippen MR) is 99.3 cm³/mol. The first-order valence-corrected chi connectivity index (χ1v) is 8.78. The largest absolute Gasteiger partial charge is 0.496 e. The van der Waals surface area contributed by atoms with Crippen LogP contribution < -0.4 is 4.74 Å². The number of ether oxygens (including phenoxy) is 1. The molecule has 1 amide bonds. The van der Waals surface area contributed by atoms with Crippen LogP contribution in [0.25, 0.3) is 0 Å². The van der Waals surface area contributed by atoms with Crippen LogP contribution in [0.2, 0.25) is 0 Å². The smallest absolute Gasteiger partial charge is 0.253 e. The molecule has 0 aliphatic carbocycles. The minimum atomic E-state index is -0.540. The Kier molecular flexibility index (Phi) is 5.42. The first kappa shape index (κ1) is 18.2. The number of H-pyrrole nitrogens is 1. The van der Waals surface area contributed by atoms with Gasteiger partial charge in [-0.1, -0.05) is 6.08 Å². The molecule has 1 saturated heterocycles. The highest BCUT2D eigenvalue weighted by atomic mass is 16.5. The van der Waals surface area contributed by atoms with Gasteiger partial charge in [-0.15, -0.1) is 6.58 Å². The lowest BCUT2D eigenvalue weighted by molar-refractivity contribution is 0.0764. The maximum Gasteiger partial charge on any atom is 0.253 e. The molecule has 1 aromatic heterocycles. The number of aryl methyl sites for hydroxylation is 1. The molecule has 6 heteroatoms. The van der Waals surface area contributed by atoms with E-state index < -0.39 is 6.10 Å². The van der Waals surface area contributed by atoms with Crippen molar-refractivity contribution in [3.8, 4) is 5.75 Å². The van der Waals surface area contributed by atoms with Gasteiger partial charge in [0, 0.05) is 30.3 Å². The monoisotopic (exact) mass is 355 g/mol. The second kappa shape index (κ2) is 7.74.